The number of anilines is 1. The van der Waals surface area contributed by atoms with E-state index in [1.807, 2.05) is 37.3 Å². The minimum atomic E-state index is -1.03. The third-order valence-electron chi connectivity index (χ3n) is 3.53. The van der Waals surface area contributed by atoms with Crippen LogP contribution in [0.2, 0.25) is 0 Å². The van der Waals surface area contributed by atoms with E-state index in [1.165, 1.54) is 11.3 Å². The molecule has 0 aliphatic heterocycles. The summed E-state index contributed by atoms with van der Waals surface area (Å²) in [5.41, 5.74) is 1.28. The van der Waals surface area contributed by atoms with Crippen LogP contribution in [0.4, 0.5) is 5.69 Å². The molecule has 3 rings (SSSR count). The Morgan fingerprint density at radius 2 is 1.96 bits per heavy atom. The summed E-state index contributed by atoms with van der Waals surface area (Å²) in [6.07, 6.45) is -0.979. The molecule has 1 unspecified atom stereocenters. The maximum atomic E-state index is 11.6. The topological polar surface area (TPSA) is 78.8 Å². The molecule has 0 spiro atoms. The zero-order valence-electron chi connectivity index (χ0n) is 13.7. The van der Waals surface area contributed by atoms with E-state index in [-0.39, 0.29) is 4.88 Å². The van der Waals surface area contributed by atoms with Crippen molar-refractivity contribution in [3.8, 4) is 16.2 Å². The SMILES string of the molecule is CCOc1ccc(-c2cc(NC(O)c3ccc(Br)s3)c(C(=O)O)s2)cc1. The average molecular weight is 454 g/mol. The number of hydrogen-bond acceptors (Lipinski definition) is 6. The van der Waals surface area contributed by atoms with Crippen molar-refractivity contribution < 1.29 is 19.7 Å². The molecule has 136 valence electrons. The lowest BCUT2D eigenvalue weighted by Crippen LogP contribution is -2.09. The van der Waals surface area contributed by atoms with Gasteiger partial charge in [-0.25, -0.2) is 4.79 Å². The number of aliphatic hydroxyl groups is 1. The Hall–Kier alpha value is -1.87. The monoisotopic (exact) mass is 453 g/mol. The maximum absolute atomic E-state index is 11.6. The van der Waals surface area contributed by atoms with Crippen molar-refractivity contribution in [3.05, 3.63) is 56.0 Å². The van der Waals surface area contributed by atoms with E-state index in [0.717, 1.165) is 31.3 Å². The molecular weight excluding hydrogens is 438 g/mol. The molecule has 0 amide bonds. The van der Waals surface area contributed by atoms with Crippen LogP contribution in [0.3, 0.4) is 0 Å². The van der Waals surface area contributed by atoms with Gasteiger partial charge in [-0.15, -0.1) is 22.7 Å². The third kappa shape index (κ3) is 4.27. The van der Waals surface area contributed by atoms with Gasteiger partial charge in [0.1, 0.15) is 10.6 Å². The molecule has 0 saturated carbocycles. The fraction of sp³-hybridized carbons (Fsp3) is 0.167. The van der Waals surface area contributed by atoms with Crippen LogP contribution in [0.15, 0.2) is 46.3 Å². The number of thiophene rings is 2. The number of nitrogens with one attached hydrogen (secondary N) is 1. The third-order valence-corrected chi connectivity index (χ3v) is 6.38. The average Bonchev–Trinajstić information content (AvgIpc) is 3.22. The number of aliphatic hydroxyl groups excluding tert-OH is 1. The number of ether oxygens (including phenoxy) is 1. The molecule has 3 aromatic rings. The normalized spacial score (nSPS) is 12.0. The Kier molecular flexibility index (Phi) is 5.98. The molecular formula is C18H16BrNO4S2. The molecule has 3 N–H and O–H groups in total. The van der Waals surface area contributed by atoms with E-state index >= 15 is 0 Å². The highest BCUT2D eigenvalue weighted by atomic mass is 79.9. The summed E-state index contributed by atoms with van der Waals surface area (Å²) in [5.74, 6) is -0.266. The number of hydrogen-bond donors (Lipinski definition) is 3. The van der Waals surface area contributed by atoms with Crippen LogP contribution in [0.1, 0.15) is 27.7 Å². The second-order valence-corrected chi connectivity index (χ2v) is 8.85. The molecule has 2 aromatic heterocycles. The van der Waals surface area contributed by atoms with Gasteiger partial charge in [0.05, 0.1) is 21.0 Å². The Balaban J connectivity index is 1.87. The Morgan fingerprint density at radius 3 is 2.54 bits per heavy atom. The molecule has 1 atom stereocenters. The Bertz CT molecular complexity index is 904. The van der Waals surface area contributed by atoms with Crippen LogP contribution in [-0.4, -0.2) is 22.8 Å². The van der Waals surface area contributed by atoms with Crippen molar-refractivity contribution in [2.45, 2.75) is 13.2 Å². The van der Waals surface area contributed by atoms with Gasteiger partial charge < -0.3 is 20.3 Å². The largest absolute Gasteiger partial charge is 0.494 e. The van der Waals surface area contributed by atoms with E-state index in [2.05, 4.69) is 21.2 Å². The number of rotatable bonds is 7. The van der Waals surface area contributed by atoms with Gasteiger partial charge in [-0.3, -0.25) is 0 Å². The zero-order valence-corrected chi connectivity index (χ0v) is 17.0. The standard InChI is InChI=1S/C18H16BrNO4S2/c1-2-24-11-5-3-10(4-6-11)14-9-12(16(26-14)18(22)23)20-17(21)13-7-8-15(19)25-13/h3-9,17,20-21H,2H2,1H3,(H,22,23). The molecule has 5 nitrogen and oxygen atoms in total. The number of benzene rings is 1. The van der Waals surface area contributed by atoms with Gasteiger partial charge in [0.2, 0.25) is 0 Å². The number of carboxylic acids is 1. The highest BCUT2D eigenvalue weighted by molar-refractivity contribution is 9.11. The fourth-order valence-electron chi connectivity index (χ4n) is 2.38. The molecule has 0 aliphatic carbocycles. The van der Waals surface area contributed by atoms with Gasteiger partial charge >= 0.3 is 5.97 Å². The molecule has 8 heteroatoms. The summed E-state index contributed by atoms with van der Waals surface area (Å²) in [7, 11) is 0. The van der Waals surface area contributed by atoms with Crippen molar-refractivity contribution in [1.82, 2.24) is 0 Å². The summed E-state index contributed by atoms with van der Waals surface area (Å²) in [4.78, 5) is 13.2. The molecule has 1 aromatic carbocycles. The van der Waals surface area contributed by atoms with Gasteiger partial charge in [0, 0.05) is 4.88 Å². The number of halogens is 1. The first-order chi connectivity index (χ1) is 12.5. The van der Waals surface area contributed by atoms with Gasteiger partial charge in [-0.2, -0.15) is 0 Å². The molecule has 2 heterocycles. The maximum Gasteiger partial charge on any atom is 0.348 e. The van der Waals surface area contributed by atoms with Crippen LogP contribution >= 0.6 is 38.6 Å². The second-order valence-electron chi connectivity index (χ2n) is 5.30. The van der Waals surface area contributed by atoms with Crippen molar-refractivity contribution >= 4 is 50.3 Å². The van der Waals surface area contributed by atoms with Crippen LogP contribution in [0.5, 0.6) is 5.75 Å². The highest BCUT2D eigenvalue weighted by Gasteiger charge is 2.19. The van der Waals surface area contributed by atoms with E-state index in [4.69, 9.17) is 4.74 Å². The quantitative estimate of drug-likeness (QED) is 0.415. The predicted molar refractivity (Wildman–Crippen MR) is 108 cm³/mol. The second kappa shape index (κ2) is 8.22. The van der Waals surface area contributed by atoms with Gasteiger partial charge in [-0.1, -0.05) is 0 Å². The lowest BCUT2D eigenvalue weighted by atomic mass is 10.2. The summed E-state index contributed by atoms with van der Waals surface area (Å²) >= 11 is 5.90. The number of aromatic carboxylic acids is 1. The Morgan fingerprint density at radius 1 is 1.23 bits per heavy atom. The van der Waals surface area contributed by atoms with Crippen LogP contribution < -0.4 is 10.1 Å². The number of carbonyl (C=O) groups is 1. The van der Waals surface area contributed by atoms with E-state index in [1.54, 1.807) is 12.1 Å². The van der Waals surface area contributed by atoms with Crippen molar-refractivity contribution in [1.29, 1.82) is 0 Å². The molecule has 0 radical (unpaired) electrons. The van der Waals surface area contributed by atoms with Crippen molar-refractivity contribution in [2.24, 2.45) is 0 Å². The summed E-state index contributed by atoms with van der Waals surface area (Å²) < 4.78 is 6.32. The van der Waals surface area contributed by atoms with E-state index < -0.39 is 12.2 Å². The molecule has 0 bridgehead atoms. The van der Waals surface area contributed by atoms with Crippen LogP contribution in [0.25, 0.3) is 10.4 Å². The lowest BCUT2D eigenvalue weighted by Gasteiger charge is -2.11. The first-order valence-corrected chi connectivity index (χ1v) is 10.2. The van der Waals surface area contributed by atoms with Gasteiger partial charge in [0.25, 0.3) is 0 Å². The predicted octanol–water partition coefficient (Wildman–Crippen LogP) is 5.44. The van der Waals surface area contributed by atoms with Crippen molar-refractivity contribution in [3.63, 3.8) is 0 Å². The molecule has 26 heavy (non-hydrogen) atoms. The first kappa shape index (κ1) is 18.9. The van der Waals surface area contributed by atoms with E-state index in [0.29, 0.717) is 17.2 Å². The van der Waals surface area contributed by atoms with Crippen LogP contribution in [0, 0.1) is 0 Å². The van der Waals surface area contributed by atoms with Crippen LogP contribution in [-0.2, 0) is 0 Å². The zero-order chi connectivity index (χ0) is 18.7. The Labute approximate surface area is 167 Å². The number of carboxylic acid groups (broad SMARTS) is 1. The first-order valence-electron chi connectivity index (χ1n) is 7.78. The molecule has 0 saturated heterocycles. The highest BCUT2D eigenvalue weighted by Crippen LogP contribution is 2.37. The summed E-state index contributed by atoms with van der Waals surface area (Å²) in [6, 6.07) is 12.8. The van der Waals surface area contributed by atoms with Gasteiger partial charge in [-0.05, 0) is 70.9 Å². The lowest BCUT2D eigenvalue weighted by molar-refractivity contribution is 0.0703. The van der Waals surface area contributed by atoms with Gasteiger partial charge in [0.15, 0.2) is 6.23 Å². The molecule has 0 aliphatic rings. The summed E-state index contributed by atoms with van der Waals surface area (Å²) in [5, 5.41) is 22.7. The minimum absolute atomic E-state index is 0.156. The minimum Gasteiger partial charge on any atom is -0.494 e. The van der Waals surface area contributed by atoms with Crippen molar-refractivity contribution in [2.75, 3.05) is 11.9 Å². The fourth-order valence-corrected chi connectivity index (χ4v) is 4.70. The summed E-state index contributed by atoms with van der Waals surface area (Å²) in [6.45, 7) is 2.51. The molecule has 0 fully saturated rings. The smallest absolute Gasteiger partial charge is 0.348 e. The van der Waals surface area contributed by atoms with E-state index in [9.17, 15) is 15.0 Å².